The Labute approximate surface area is 183 Å². The van der Waals surface area contributed by atoms with Gasteiger partial charge >= 0.3 is 0 Å². The van der Waals surface area contributed by atoms with Gasteiger partial charge in [-0.05, 0) is 42.3 Å². The number of piperazine rings is 1. The third-order valence-corrected chi connectivity index (χ3v) is 5.80. The molecule has 0 aliphatic carbocycles. The van der Waals surface area contributed by atoms with E-state index in [4.69, 9.17) is 4.74 Å². The summed E-state index contributed by atoms with van der Waals surface area (Å²) in [4.78, 5) is 32.0. The molecule has 0 radical (unpaired) electrons. The lowest BCUT2D eigenvalue weighted by Gasteiger charge is -2.37. The van der Waals surface area contributed by atoms with Crippen molar-refractivity contribution in [2.24, 2.45) is 0 Å². The molecule has 1 saturated heterocycles. The Morgan fingerprint density at radius 2 is 1.65 bits per heavy atom. The number of benzene rings is 2. The molecule has 0 spiro atoms. The largest absolute Gasteiger partial charge is 0.497 e. The van der Waals surface area contributed by atoms with Gasteiger partial charge in [0.1, 0.15) is 11.4 Å². The lowest BCUT2D eigenvalue weighted by Crippen LogP contribution is -2.47. The molecule has 0 bridgehead atoms. The Kier molecular flexibility index (Phi) is 5.80. The minimum Gasteiger partial charge on any atom is -0.497 e. The fourth-order valence-electron chi connectivity index (χ4n) is 4.18. The topological polar surface area (TPSA) is 53.1 Å². The van der Waals surface area contributed by atoms with Crippen LogP contribution in [0.1, 0.15) is 11.1 Å². The highest BCUT2D eigenvalue weighted by Crippen LogP contribution is 2.33. The highest BCUT2D eigenvalue weighted by molar-refractivity contribution is 6.35. The summed E-state index contributed by atoms with van der Waals surface area (Å²) < 4.78 is 5.24. The lowest BCUT2D eigenvalue weighted by atomic mass is 10.0. The molecule has 0 N–H and O–H groups in total. The van der Waals surface area contributed by atoms with Crippen LogP contribution >= 0.6 is 0 Å². The van der Waals surface area contributed by atoms with E-state index in [-0.39, 0.29) is 18.4 Å². The monoisotopic (exact) mass is 417 g/mol. The van der Waals surface area contributed by atoms with Crippen LogP contribution in [0.5, 0.6) is 5.75 Å². The molecule has 6 heteroatoms. The summed E-state index contributed by atoms with van der Waals surface area (Å²) in [7, 11) is 1.60. The summed E-state index contributed by atoms with van der Waals surface area (Å²) in [6.07, 6.45) is 1.58. The highest BCUT2D eigenvalue weighted by Gasteiger charge is 2.41. The van der Waals surface area contributed by atoms with Gasteiger partial charge in [-0.1, -0.05) is 30.3 Å². The Morgan fingerprint density at radius 1 is 0.968 bits per heavy atom. The standard InChI is InChI=1S/C25H27N3O3/c1-4-12-28-24(29)22(19-8-10-21(31-3)11-9-19)23(25(28)30)27-15-13-26(14-16-27)20-7-5-6-18(2)17-20/h4-11,17H,1,12-16H2,2-3H3. The summed E-state index contributed by atoms with van der Waals surface area (Å²) in [6, 6.07) is 15.7. The van der Waals surface area contributed by atoms with Crippen LogP contribution in [0.2, 0.25) is 0 Å². The number of rotatable bonds is 6. The zero-order valence-corrected chi connectivity index (χ0v) is 18.0. The van der Waals surface area contributed by atoms with Gasteiger partial charge in [0.2, 0.25) is 0 Å². The van der Waals surface area contributed by atoms with Crippen molar-refractivity contribution in [1.82, 2.24) is 9.80 Å². The minimum atomic E-state index is -0.272. The number of aryl methyl sites for hydroxylation is 1. The number of carbonyl (C=O) groups excluding carboxylic acids is 2. The van der Waals surface area contributed by atoms with Crippen molar-refractivity contribution in [3.63, 3.8) is 0 Å². The van der Waals surface area contributed by atoms with E-state index in [1.165, 1.54) is 16.2 Å². The van der Waals surface area contributed by atoms with Gasteiger partial charge in [-0.3, -0.25) is 14.5 Å². The molecule has 2 aromatic rings. The van der Waals surface area contributed by atoms with Crippen molar-refractivity contribution in [2.45, 2.75) is 6.92 Å². The molecular weight excluding hydrogens is 390 g/mol. The first kappa shape index (κ1) is 20.7. The number of carbonyl (C=O) groups is 2. The van der Waals surface area contributed by atoms with Crippen molar-refractivity contribution in [2.75, 3.05) is 44.7 Å². The fourth-order valence-corrected chi connectivity index (χ4v) is 4.18. The lowest BCUT2D eigenvalue weighted by molar-refractivity contribution is -0.136. The van der Waals surface area contributed by atoms with E-state index in [1.807, 2.05) is 24.3 Å². The van der Waals surface area contributed by atoms with Crippen molar-refractivity contribution in [1.29, 1.82) is 0 Å². The summed E-state index contributed by atoms with van der Waals surface area (Å²) in [5.74, 6) is 0.184. The van der Waals surface area contributed by atoms with Crippen LogP contribution in [0.15, 0.2) is 66.9 Å². The molecule has 160 valence electrons. The molecule has 2 aliphatic heterocycles. The average Bonchev–Trinajstić information content (AvgIpc) is 3.04. The Hall–Kier alpha value is -3.54. The minimum absolute atomic E-state index is 0.198. The number of hydrogen-bond donors (Lipinski definition) is 0. The number of anilines is 1. The number of methoxy groups -OCH3 is 1. The molecule has 2 amide bonds. The van der Waals surface area contributed by atoms with Gasteiger partial charge in [-0.25, -0.2) is 0 Å². The first-order valence-electron chi connectivity index (χ1n) is 10.5. The van der Waals surface area contributed by atoms with E-state index in [1.54, 1.807) is 13.2 Å². The number of nitrogens with zero attached hydrogens (tertiary/aromatic N) is 3. The summed E-state index contributed by atoms with van der Waals surface area (Å²) >= 11 is 0. The second kappa shape index (κ2) is 8.68. The summed E-state index contributed by atoms with van der Waals surface area (Å²) in [6.45, 7) is 8.89. The van der Waals surface area contributed by atoms with Gasteiger partial charge in [0.25, 0.3) is 11.8 Å². The molecule has 0 unspecified atom stereocenters. The van der Waals surface area contributed by atoms with E-state index < -0.39 is 0 Å². The van der Waals surface area contributed by atoms with Gasteiger partial charge in [-0.15, -0.1) is 6.58 Å². The smallest absolute Gasteiger partial charge is 0.278 e. The van der Waals surface area contributed by atoms with Gasteiger partial charge in [-0.2, -0.15) is 0 Å². The molecule has 31 heavy (non-hydrogen) atoms. The van der Waals surface area contributed by atoms with Gasteiger partial charge in [0.05, 0.1) is 12.7 Å². The van der Waals surface area contributed by atoms with E-state index in [0.29, 0.717) is 30.1 Å². The second-order valence-corrected chi connectivity index (χ2v) is 7.77. The molecular formula is C25H27N3O3. The Bertz CT molecular complexity index is 1030. The van der Waals surface area contributed by atoms with E-state index in [0.717, 1.165) is 18.7 Å². The molecule has 0 atom stereocenters. The maximum absolute atomic E-state index is 13.2. The molecule has 6 nitrogen and oxygen atoms in total. The molecule has 4 rings (SSSR count). The molecule has 0 aromatic heterocycles. The zero-order chi connectivity index (χ0) is 22.0. The average molecular weight is 418 g/mol. The molecule has 2 aromatic carbocycles. The Morgan fingerprint density at radius 3 is 2.26 bits per heavy atom. The highest BCUT2D eigenvalue weighted by atomic mass is 16.5. The van der Waals surface area contributed by atoms with Crippen LogP contribution in [0.25, 0.3) is 5.57 Å². The summed E-state index contributed by atoms with van der Waals surface area (Å²) in [5.41, 5.74) is 4.08. The van der Waals surface area contributed by atoms with Crippen LogP contribution < -0.4 is 9.64 Å². The predicted molar refractivity (Wildman–Crippen MR) is 122 cm³/mol. The van der Waals surface area contributed by atoms with Gasteiger partial charge in [0.15, 0.2) is 0 Å². The van der Waals surface area contributed by atoms with Gasteiger partial charge < -0.3 is 14.5 Å². The molecule has 2 aliphatic rings. The van der Waals surface area contributed by atoms with Crippen molar-refractivity contribution < 1.29 is 14.3 Å². The van der Waals surface area contributed by atoms with Gasteiger partial charge in [0, 0.05) is 38.4 Å². The Balaban J connectivity index is 1.64. The first-order valence-corrected chi connectivity index (χ1v) is 10.5. The second-order valence-electron chi connectivity index (χ2n) is 7.77. The van der Waals surface area contributed by atoms with E-state index in [9.17, 15) is 9.59 Å². The maximum Gasteiger partial charge on any atom is 0.278 e. The van der Waals surface area contributed by atoms with Crippen LogP contribution in [0.4, 0.5) is 5.69 Å². The quantitative estimate of drug-likeness (QED) is 0.534. The third kappa shape index (κ3) is 3.93. The van der Waals surface area contributed by atoms with Crippen molar-refractivity contribution >= 4 is 23.1 Å². The fraction of sp³-hybridized carbons (Fsp3) is 0.280. The normalized spacial score (nSPS) is 16.9. The van der Waals surface area contributed by atoms with Crippen LogP contribution in [-0.2, 0) is 9.59 Å². The van der Waals surface area contributed by atoms with Crippen LogP contribution in [-0.4, -0.2) is 61.4 Å². The summed E-state index contributed by atoms with van der Waals surface area (Å²) in [5, 5.41) is 0. The number of amides is 2. The predicted octanol–water partition coefficient (Wildman–Crippen LogP) is 3.09. The SMILES string of the molecule is C=CCN1C(=O)C(c2ccc(OC)cc2)=C(N2CCN(c3cccc(C)c3)CC2)C1=O. The van der Waals surface area contributed by atoms with Crippen LogP contribution in [0.3, 0.4) is 0 Å². The first-order chi connectivity index (χ1) is 15.0. The van der Waals surface area contributed by atoms with E-state index >= 15 is 0 Å². The number of ether oxygens (including phenoxy) is 1. The van der Waals surface area contributed by atoms with Crippen molar-refractivity contribution in [3.05, 3.63) is 78.0 Å². The molecule has 0 saturated carbocycles. The van der Waals surface area contributed by atoms with E-state index in [2.05, 4.69) is 47.6 Å². The number of hydrogen-bond acceptors (Lipinski definition) is 5. The number of imide groups is 1. The molecule has 1 fully saturated rings. The third-order valence-electron chi connectivity index (χ3n) is 5.80. The zero-order valence-electron chi connectivity index (χ0n) is 18.0. The maximum atomic E-state index is 13.2. The van der Waals surface area contributed by atoms with Crippen LogP contribution in [0, 0.1) is 6.92 Å². The van der Waals surface area contributed by atoms with Crippen molar-refractivity contribution in [3.8, 4) is 5.75 Å². The molecule has 2 heterocycles.